The molecule has 2 N–H and O–H groups in total. The summed E-state index contributed by atoms with van der Waals surface area (Å²) >= 11 is 0. The zero-order valence-corrected chi connectivity index (χ0v) is 15.1. The number of carbonyl (C=O) groups is 1. The Morgan fingerprint density at radius 3 is 2.56 bits per heavy atom. The lowest BCUT2D eigenvalue weighted by molar-refractivity contribution is 0.102. The molecule has 0 aliphatic carbocycles. The van der Waals surface area contributed by atoms with Crippen LogP contribution < -0.4 is 15.4 Å². The molecule has 2 rings (SSSR count). The molecule has 2 aromatic rings. The molecule has 25 heavy (non-hydrogen) atoms. The van der Waals surface area contributed by atoms with Crippen LogP contribution in [-0.4, -0.2) is 54.1 Å². The van der Waals surface area contributed by atoms with Gasteiger partial charge in [-0.15, -0.1) is 0 Å². The van der Waals surface area contributed by atoms with E-state index in [1.165, 1.54) is 0 Å². The molecule has 1 heterocycles. The average molecular weight is 343 g/mol. The minimum atomic E-state index is -0.282. The molecule has 0 aliphatic rings. The van der Waals surface area contributed by atoms with E-state index in [0.29, 0.717) is 23.9 Å². The Hall–Kier alpha value is -2.67. The molecule has 0 fully saturated rings. The van der Waals surface area contributed by atoms with Crippen molar-refractivity contribution in [2.45, 2.75) is 20.0 Å². The van der Waals surface area contributed by atoms with E-state index in [2.05, 4.69) is 25.5 Å². The number of nitrogens with one attached hydrogen (secondary N) is 2. The number of carbonyl (C=O) groups excluding carboxylic acids is 1. The van der Waals surface area contributed by atoms with Crippen LogP contribution in [0.1, 0.15) is 24.3 Å². The van der Waals surface area contributed by atoms with Crippen molar-refractivity contribution in [3.8, 4) is 5.75 Å². The van der Waals surface area contributed by atoms with E-state index in [0.717, 1.165) is 12.3 Å². The fraction of sp³-hybridized carbons (Fsp3) is 0.389. The first-order chi connectivity index (χ1) is 11.9. The summed E-state index contributed by atoms with van der Waals surface area (Å²) < 4.78 is 5.58. The summed E-state index contributed by atoms with van der Waals surface area (Å²) in [7, 11) is 3.98. The van der Waals surface area contributed by atoms with Crippen LogP contribution in [0.4, 0.5) is 11.6 Å². The monoisotopic (exact) mass is 343 g/mol. The summed E-state index contributed by atoms with van der Waals surface area (Å²) in [5.41, 5.74) is 0.992. The van der Waals surface area contributed by atoms with E-state index in [1.54, 1.807) is 24.4 Å². The van der Waals surface area contributed by atoms with Crippen LogP contribution in [0, 0.1) is 0 Å². The second-order valence-corrected chi connectivity index (χ2v) is 6.14. The number of benzene rings is 1. The maximum atomic E-state index is 12.3. The molecular weight excluding hydrogens is 318 g/mol. The van der Waals surface area contributed by atoms with Crippen molar-refractivity contribution in [2.75, 3.05) is 37.8 Å². The highest BCUT2D eigenvalue weighted by Crippen LogP contribution is 2.17. The third kappa shape index (κ3) is 6.39. The van der Waals surface area contributed by atoms with E-state index in [9.17, 15) is 4.79 Å². The predicted octanol–water partition coefficient (Wildman–Crippen LogP) is 2.49. The molecule has 0 radical (unpaired) electrons. The fourth-order valence-corrected chi connectivity index (χ4v) is 2.05. The molecule has 0 spiro atoms. The van der Waals surface area contributed by atoms with Crippen LogP contribution >= 0.6 is 0 Å². The summed E-state index contributed by atoms with van der Waals surface area (Å²) in [5.74, 6) is 0.924. The van der Waals surface area contributed by atoms with Crippen LogP contribution in [0.3, 0.4) is 0 Å². The van der Waals surface area contributed by atoms with Crippen LogP contribution in [0.25, 0.3) is 0 Å². The maximum Gasteiger partial charge on any atom is 0.274 e. The lowest BCUT2D eigenvalue weighted by Crippen LogP contribution is -2.22. The van der Waals surface area contributed by atoms with Gasteiger partial charge in [0.15, 0.2) is 0 Å². The highest BCUT2D eigenvalue weighted by molar-refractivity contribution is 6.02. The molecule has 7 heteroatoms. The first kappa shape index (κ1) is 18.7. The van der Waals surface area contributed by atoms with Gasteiger partial charge in [0.05, 0.1) is 6.10 Å². The number of amides is 1. The first-order valence-electron chi connectivity index (χ1n) is 8.24. The Bertz CT molecular complexity index is 686. The summed E-state index contributed by atoms with van der Waals surface area (Å²) in [4.78, 5) is 22.8. The Balaban J connectivity index is 1.96. The summed E-state index contributed by atoms with van der Waals surface area (Å²) in [6, 6.07) is 8.83. The highest BCUT2D eigenvalue weighted by Gasteiger charge is 2.09. The third-order valence-corrected chi connectivity index (χ3v) is 3.21. The van der Waals surface area contributed by atoms with Gasteiger partial charge in [-0.05, 0) is 58.3 Å². The van der Waals surface area contributed by atoms with Crippen molar-refractivity contribution in [2.24, 2.45) is 0 Å². The summed E-state index contributed by atoms with van der Waals surface area (Å²) in [6.07, 6.45) is 1.68. The van der Waals surface area contributed by atoms with Gasteiger partial charge < -0.3 is 20.3 Å². The smallest absolute Gasteiger partial charge is 0.274 e. The average Bonchev–Trinajstić information content (AvgIpc) is 2.56. The van der Waals surface area contributed by atoms with Gasteiger partial charge in [0.25, 0.3) is 5.91 Å². The minimum Gasteiger partial charge on any atom is -0.491 e. The lowest BCUT2D eigenvalue weighted by Gasteiger charge is -2.11. The molecule has 0 saturated carbocycles. The molecule has 1 aromatic carbocycles. The Labute approximate surface area is 148 Å². The SMILES string of the molecule is CC(C)Oc1ccc(NC(=O)c2ccnc(NCCN(C)C)n2)cc1. The molecule has 7 nitrogen and oxygen atoms in total. The van der Waals surface area contributed by atoms with Gasteiger partial charge in [0.2, 0.25) is 5.95 Å². The number of rotatable bonds is 8. The van der Waals surface area contributed by atoms with E-state index in [4.69, 9.17) is 4.74 Å². The van der Waals surface area contributed by atoms with Gasteiger partial charge in [-0.25, -0.2) is 9.97 Å². The summed E-state index contributed by atoms with van der Waals surface area (Å²) in [5, 5.41) is 5.92. The zero-order valence-electron chi connectivity index (χ0n) is 15.1. The number of ether oxygens (including phenoxy) is 1. The number of anilines is 2. The minimum absolute atomic E-state index is 0.111. The molecule has 1 aromatic heterocycles. The standard InChI is InChI=1S/C18H25N5O2/c1-13(2)25-15-7-5-14(6-8-15)21-17(24)16-9-10-19-18(22-16)20-11-12-23(3)4/h5-10,13H,11-12H2,1-4H3,(H,21,24)(H,19,20,22). The van der Waals surface area contributed by atoms with Crippen LogP contribution in [0.5, 0.6) is 5.75 Å². The Morgan fingerprint density at radius 1 is 1.20 bits per heavy atom. The molecule has 134 valence electrons. The van der Waals surface area contributed by atoms with Crippen molar-refractivity contribution in [3.05, 3.63) is 42.2 Å². The van der Waals surface area contributed by atoms with Crippen LogP contribution in [0.15, 0.2) is 36.5 Å². The topological polar surface area (TPSA) is 79.4 Å². The number of nitrogens with zero attached hydrogens (tertiary/aromatic N) is 3. The molecule has 0 atom stereocenters. The third-order valence-electron chi connectivity index (χ3n) is 3.21. The van der Waals surface area contributed by atoms with E-state index < -0.39 is 0 Å². The van der Waals surface area contributed by atoms with Crippen molar-refractivity contribution >= 4 is 17.5 Å². The Morgan fingerprint density at radius 2 is 1.92 bits per heavy atom. The van der Waals surface area contributed by atoms with Crippen molar-refractivity contribution in [1.29, 1.82) is 0 Å². The number of hydrogen-bond donors (Lipinski definition) is 2. The van der Waals surface area contributed by atoms with E-state index in [-0.39, 0.29) is 12.0 Å². The van der Waals surface area contributed by atoms with Crippen LogP contribution in [0.2, 0.25) is 0 Å². The number of aromatic nitrogens is 2. The molecular formula is C18H25N5O2. The van der Waals surface area contributed by atoms with E-state index >= 15 is 0 Å². The van der Waals surface area contributed by atoms with Gasteiger partial charge in [-0.2, -0.15) is 0 Å². The number of likely N-dealkylation sites (N-methyl/N-ethyl adjacent to an activating group) is 1. The Kier molecular flexibility index (Phi) is 6.71. The molecule has 0 saturated heterocycles. The second-order valence-electron chi connectivity index (χ2n) is 6.14. The molecule has 0 bridgehead atoms. The maximum absolute atomic E-state index is 12.3. The predicted molar refractivity (Wildman–Crippen MR) is 99.2 cm³/mol. The van der Waals surface area contributed by atoms with Crippen molar-refractivity contribution < 1.29 is 9.53 Å². The molecule has 0 aliphatic heterocycles. The highest BCUT2D eigenvalue weighted by atomic mass is 16.5. The molecule has 0 unspecified atom stereocenters. The van der Waals surface area contributed by atoms with Gasteiger partial charge in [0.1, 0.15) is 11.4 Å². The normalized spacial score (nSPS) is 10.8. The van der Waals surface area contributed by atoms with Crippen LogP contribution in [-0.2, 0) is 0 Å². The lowest BCUT2D eigenvalue weighted by atomic mass is 10.3. The quantitative estimate of drug-likeness (QED) is 0.767. The summed E-state index contributed by atoms with van der Waals surface area (Å²) in [6.45, 7) is 5.49. The number of hydrogen-bond acceptors (Lipinski definition) is 6. The van der Waals surface area contributed by atoms with Crippen molar-refractivity contribution in [3.63, 3.8) is 0 Å². The van der Waals surface area contributed by atoms with Gasteiger partial charge >= 0.3 is 0 Å². The second kappa shape index (κ2) is 8.98. The first-order valence-corrected chi connectivity index (χ1v) is 8.24. The largest absolute Gasteiger partial charge is 0.491 e. The zero-order chi connectivity index (χ0) is 18.2. The fourth-order valence-electron chi connectivity index (χ4n) is 2.05. The van der Waals surface area contributed by atoms with E-state index in [1.807, 2.05) is 40.1 Å². The van der Waals surface area contributed by atoms with Gasteiger partial charge in [-0.1, -0.05) is 0 Å². The molecule has 1 amide bonds. The van der Waals surface area contributed by atoms with Gasteiger partial charge in [0, 0.05) is 25.0 Å². The van der Waals surface area contributed by atoms with Gasteiger partial charge in [-0.3, -0.25) is 4.79 Å². The van der Waals surface area contributed by atoms with Crippen molar-refractivity contribution in [1.82, 2.24) is 14.9 Å².